The van der Waals surface area contributed by atoms with Gasteiger partial charge in [-0.3, -0.25) is 0 Å². The molecule has 0 saturated carbocycles. The fraction of sp³-hybridized carbons (Fsp3) is 0.294. The molecule has 27 heavy (non-hydrogen) atoms. The highest BCUT2D eigenvalue weighted by Crippen LogP contribution is 2.24. The molecule has 1 fully saturated rings. The van der Waals surface area contributed by atoms with Gasteiger partial charge in [-0.1, -0.05) is 23.3 Å². The summed E-state index contributed by atoms with van der Waals surface area (Å²) >= 11 is 0. The van der Waals surface area contributed by atoms with E-state index in [-0.39, 0.29) is 4.90 Å². The second kappa shape index (κ2) is 6.95. The molecule has 0 atom stereocenters. The summed E-state index contributed by atoms with van der Waals surface area (Å²) in [4.78, 5) is 8.64. The molecule has 0 unspecified atom stereocenters. The van der Waals surface area contributed by atoms with Gasteiger partial charge in [0.1, 0.15) is 10.7 Å². The van der Waals surface area contributed by atoms with Crippen LogP contribution in [0.3, 0.4) is 0 Å². The van der Waals surface area contributed by atoms with Gasteiger partial charge in [-0.25, -0.2) is 13.4 Å². The van der Waals surface area contributed by atoms with Crippen molar-refractivity contribution in [2.75, 3.05) is 42.2 Å². The number of aromatic nitrogens is 5. The summed E-state index contributed by atoms with van der Waals surface area (Å²) in [6, 6.07) is 13.0. The number of tetrazole rings is 1. The molecule has 1 saturated heterocycles. The van der Waals surface area contributed by atoms with E-state index >= 15 is 0 Å². The van der Waals surface area contributed by atoms with Crippen LogP contribution < -0.4 is 9.80 Å². The minimum atomic E-state index is -3.34. The van der Waals surface area contributed by atoms with Crippen LogP contribution in [0.15, 0.2) is 53.6 Å². The number of hydrogen-bond donors (Lipinski definition) is 0. The monoisotopic (exact) mass is 385 g/mol. The van der Waals surface area contributed by atoms with Gasteiger partial charge >= 0.3 is 0 Å². The van der Waals surface area contributed by atoms with Gasteiger partial charge in [-0.15, -0.1) is 0 Å². The average molecular weight is 385 g/mol. The van der Waals surface area contributed by atoms with Crippen molar-refractivity contribution in [2.24, 2.45) is 0 Å². The normalized spacial score (nSPS) is 15.1. The minimum Gasteiger partial charge on any atom is -0.352 e. The van der Waals surface area contributed by atoms with E-state index in [0.717, 1.165) is 5.69 Å². The minimum absolute atomic E-state index is 0.257. The van der Waals surface area contributed by atoms with Gasteiger partial charge in [0.15, 0.2) is 9.84 Å². The number of hydrogen-bond acceptors (Lipinski definition) is 8. The molecule has 0 amide bonds. The first-order valence-corrected chi connectivity index (χ1v) is 10.4. The number of nitrogens with zero attached hydrogens (tertiary/aromatic N) is 7. The maximum Gasteiger partial charge on any atom is 0.250 e. The molecule has 0 aliphatic carbocycles. The van der Waals surface area contributed by atoms with Crippen molar-refractivity contribution in [1.82, 2.24) is 25.2 Å². The van der Waals surface area contributed by atoms with Crippen LogP contribution in [0.2, 0.25) is 0 Å². The average Bonchev–Trinajstić information content (AvgIpc) is 3.18. The van der Waals surface area contributed by atoms with E-state index in [2.05, 4.69) is 25.4 Å². The molecule has 0 bridgehead atoms. The number of rotatable bonds is 4. The van der Waals surface area contributed by atoms with E-state index in [1.54, 1.807) is 23.0 Å². The molecule has 0 N–H and O–H groups in total. The van der Waals surface area contributed by atoms with E-state index < -0.39 is 9.84 Å². The highest BCUT2D eigenvalue weighted by Gasteiger charge is 2.26. The number of para-hydroxylation sites is 1. The fourth-order valence-electron chi connectivity index (χ4n) is 3.14. The molecule has 1 aliphatic heterocycles. The van der Waals surface area contributed by atoms with Crippen molar-refractivity contribution in [3.05, 3.63) is 48.7 Å². The first-order chi connectivity index (χ1) is 13.0. The summed E-state index contributed by atoms with van der Waals surface area (Å²) in [5.41, 5.74) is 0.893. The third-order valence-corrected chi connectivity index (χ3v) is 5.58. The Bertz CT molecular complexity index is 1030. The summed E-state index contributed by atoms with van der Waals surface area (Å²) in [6.07, 6.45) is 2.82. The van der Waals surface area contributed by atoms with E-state index in [1.165, 1.54) is 6.26 Å². The van der Waals surface area contributed by atoms with Gasteiger partial charge in [-0.2, -0.15) is 4.68 Å². The largest absolute Gasteiger partial charge is 0.352 e. The van der Waals surface area contributed by atoms with Crippen LogP contribution in [0.1, 0.15) is 0 Å². The maximum atomic E-state index is 12.0. The van der Waals surface area contributed by atoms with Crippen LogP contribution in [0, 0.1) is 0 Å². The van der Waals surface area contributed by atoms with E-state index in [0.29, 0.717) is 37.9 Å². The molecule has 1 aromatic carbocycles. The third kappa shape index (κ3) is 3.47. The van der Waals surface area contributed by atoms with Crippen molar-refractivity contribution < 1.29 is 8.42 Å². The standard InChI is InChI=1S/C17H19N7O2S/c1-27(25,26)15-8-5-9-18-16(15)22-10-12-23(13-11-22)17-19-20-21-24(17)14-6-3-2-4-7-14/h2-9H,10-13H2,1H3. The number of sulfone groups is 1. The van der Waals surface area contributed by atoms with Crippen molar-refractivity contribution in [1.29, 1.82) is 0 Å². The molecule has 0 spiro atoms. The molecular formula is C17H19N7O2S. The Kier molecular flexibility index (Phi) is 4.48. The smallest absolute Gasteiger partial charge is 0.250 e. The summed E-state index contributed by atoms with van der Waals surface area (Å²) in [5, 5.41) is 12.1. The van der Waals surface area contributed by atoms with Gasteiger partial charge in [0.25, 0.3) is 0 Å². The molecule has 0 radical (unpaired) electrons. The third-order valence-electron chi connectivity index (χ3n) is 4.47. The molecule has 3 heterocycles. The van der Waals surface area contributed by atoms with Crippen LogP contribution >= 0.6 is 0 Å². The first kappa shape index (κ1) is 17.4. The summed E-state index contributed by atoms with van der Waals surface area (Å²) in [7, 11) is -3.34. The lowest BCUT2D eigenvalue weighted by molar-refractivity contribution is 0.596. The maximum absolute atomic E-state index is 12.0. The first-order valence-electron chi connectivity index (χ1n) is 8.53. The Labute approximate surface area is 157 Å². The summed E-state index contributed by atoms with van der Waals surface area (Å²) in [5.74, 6) is 1.17. The van der Waals surface area contributed by atoms with Crippen molar-refractivity contribution in [3.63, 3.8) is 0 Å². The SMILES string of the molecule is CS(=O)(=O)c1cccnc1N1CCN(c2nnnn2-c2ccccc2)CC1. The Hall–Kier alpha value is -3.01. The highest BCUT2D eigenvalue weighted by atomic mass is 32.2. The Morgan fingerprint density at radius 1 is 0.926 bits per heavy atom. The zero-order valence-electron chi connectivity index (χ0n) is 14.8. The van der Waals surface area contributed by atoms with Crippen molar-refractivity contribution in [3.8, 4) is 5.69 Å². The zero-order valence-corrected chi connectivity index (χ0v) is 15.6. The van der Waals surface area contributed by atoms with E-state index in [1.807, 2.05) is 35.2 Å². The fourth-order valence-corrected chi connectivity index (χ4v) is 3.98. The van der Waals surface area contributed by atoms with Gasteiger partial charge in [0.05, 0.1) is 5.69 Å². The molecule has 9 nitrogen and oxygen atoms in total. The van der Waals surface area contributed by atoms with Crippen molar-refractivity contribution in [2.45, 2.75) is 4.90 Å². The molecule has 10 heteroatoms. The second-order valence-corrected chi connectivity index (χ2v) is 8.28. The van der Waals surface area contributed by atoms with Crippen LogP contribution in [0.25, 0.3) is 5.69 Å². The van der Waals surface area contributed by atoms with Gasteiger partial charge in [0.2, 0.25) is 5.95 Å². The Balaban J connectivity index is 1.54. The molecule has 1 aliphatic rings. The van der Waals surface area contributed by atoms with Crippen LogP contribution in [0.4, 0.5) is 11.8 Å². The van der Waals surface area contributed by atoms with Crippen LogP contribution in [-0.4, -0.2) is 66.0 Å². The Morgan fingerprint density at radius 3 is 2.33 bits per heavy atom. The summed E-state index contributed by atoms with van der Waals surface area (Å²) in [6.45, 7) is 2.57. The predicted octanol–water partition coefficient (Wildman–Crippen LogP) is 0.787. The topological polar surface area (TPSA) is 97.1 Å². The van der Waals surface area contributed by atoms with Crippen LogP contribution in [-0.2, 0) is 9.84 Å². The molecule has 140 valence electrons. The quantitative estimate of drug-likeness (QED) is 0.650. The van der Waals surface area contributed by atoms with E-state index in [9.17, 15) is 8.42 Å². The zero-order chi connectivity index (χ0) is 18.9. The number of anilines is 2. The Morgan fingerprint density at radius 2 is 1.63 bits per heavy atom. The number of pyridine rings is 1. The second-order valence-electron chi connectivity index (χ2n) is 6.30. The number of benzene rings is 1. The lowest BCUT2D eigenvalue weighted by Gasteiger charge is -2.36. The summed E-state index contributed by atoms with van der Waals surface area (Å²) < 4.78 is 25.8. The predicted molar refractivity (Wildman–Crippen MR) is 101 cm³/mol. The van der Waals surface area contributed by atoms with Gasteiger partial charge in [-0.05, 0) is 34.7 Å². The van der Waals surface area contributed by atoms with Crippen molar-refractivity contribution >= 4 is 21.6 Å². The van der Waals surface area contributed by atoms with Gasteiger partial charge in [0, 0.05) is 38.6 Å². The van der Waals surface area contributed by atoms with E-state index in [4.69, 9.17) is 0 Å². The highest BCUT2D eigenvalue weighted by molar-refractivity contribution is 7.90. The lowest BCUT2D eigenvalue weighted by atomic mass is 10.3. The molecular weight excluding hydrogens is 366 g/mol. The van der Waals surface area contributed by atoms with Gasteiger partial charge < -0.3 is 9.80 Å². The van der Waals surface area contributed by atoms with Crippen LogP contribution in [0.5, 0.6) is 0 Å². The molecule has 4 rings (SSSR count). The molecule has 2 aromatic heterocycles. The number of piperazine rings is 1. The molecule has 3 aromatic rings. The lowest BCUT2D eigenvalue weighted by Crippen LogP contribution is -2.48.